The number of carboxylic acid groups (broad SMARTS) is 1. The van der Waals surface area contributed by atoms with Crippen LogP contribution in [0.2, 0.25) is 0 Å². The third-order valence-corrected chi connectivity index (χ3v) is 2.87. The molecule has 0 aromatic heterocycles. The summed E-state index contributed by atoms with van der Waals surface area (Å²) in [7, 11) is 0. The summed E-state index contributed by atoms with van der Waals surface area (Å²) >= 11 is 0. The second kappa shape index (κ2) is 4.75. The molecule has 4 nitrogen and oxygen atoms in total. The van der Waals surface area contributed by atoms with Crippen LogP contribution in [0.4, 0.5) is 0 Å². The van der Waals surface area contributed by atoms with Crippen molar-refractivity contribution in [3.8, 4) is 0 Å². The molecule has 1 fully saturated rings. The van der Waals surface area contributed by atoms with Crippen LogP contribution in [-0.2, 0) is 9.53 Å². The van der Waals surface area contributed by atoms with Crippen molar-refractivity contribution in [2.45, 2.75) is 38.2 Å². The van der Waals surface area contributed by atoms with Crippen LogP contribution >= 0.6 is 0 Å². The van der Waals surface area contributed by atoms with Gasteiger partial charge in [-0.2, -0.15) is 0 Å². The zero-order chi connectivity index (χ0) is 10.6. The molecule has 2 N–H and O–H groups in total. The quantitative estimate of drug-likeness (QED) is 0.675. The lowest BCUT2D eigenvalue weighted by Crippen LogP contribution is -2.42. The zero-order valence-electron chi connectivity index (χ0n) is 8.53. The van der Waals surface area contributed by atoms with Gasteiger partial charge in [-0.05, 0) is 19.3 Å². The van der Waals surface area contributed by atoms with Crippen LogP contribution < -0.4 is 0 Å². The van der Waals surface area contributed by atoms with Gasteiger partial charge >= 0.3 is 5.97 Å². The minimum atomic E-state index is -1.12. The first-order valence-electron chi connectivity index (χ1n) is 5.07. The zero-order valence-corrected chi connectivity index (χ0v) is 8.53. The minimum Gasteiger partial charge on any atom is -0.479 e. The van der Waals surface area contributed by atoms with Crippen LogP contribution in [0.5, 0.6) is 0 Å². The van der Waals surface area contributed by atoms with Crippen LogP contribution in [0.3, 0.4) is 0 Å². The van der Waals surface area contributed by atoms with Crippen LogP contribution in [0.25, 0.3) is 0 Å². The summed E-state index contributed by atoms with van der Waals surface area (Å²) in [6.07, 6.45) is 3.96. The third kappa shape index (κ3) is 2.69. The summed E-state index contributed by atoms with van der Waals surface area (Å²) in [5.41, 5.74) is -1.12. The number of rotatable bonds is 6. The fourth-order valence-corrected chi connectivity index (χ4v) is 1.73. The Bertz CT molecular complexity index is 200. The lowest BCUT2D eigenvalue weighted by atomic mass is 9.78. The maximum Gasteiger partial charge on any atom is 0.335 e. The van der Waals surface area contributed by atoms with E-state index in [0.29, 0.717) is 12.3 Å². The molecule has 1 saturated carbocycles. The van der Waals surface area contributed by atoms with E-state index in [1.807, 2.05) is 0 Å². The summed E-state index contributed by atoms with van der Waals surface area (Å²) in [6.45, 7) is 1.55. The summed E-state index contributed by atoms with van der Waals surface area (Å²) < 4.78 is 5.20. The highest BCUT2D eigenvalue weighted by molar-refractivity contribution is 5.76. The normalized spacial score (nSPS) is 21.3. The number of carboxylic acids is 1. The Kier molecular flexibility index (Phi) is 3.89. The molecule has 0 amide bonds. The van der Waals surface area contributed by atoms with Gasteiger partial charge < -0.3 is 14.9 Å². The van der Waals surface area contributed by atoms with E-state index in [-0.39, 0.29) is 13.2 Å². The molecule has 0 saturated heterocycles. The summed E-state index contributed by atoms with van der Waals surface area (Å²) in [5.74, 6) is -0.451. The standard InChI is InChI=1S/C10H18O4/c1-10(9(12)13,14-6-5-11)7-8-3-2-4-8/h8,11H,2-7H2,1H3,(H,12,13). The molecule has 1 aliphatic carbocycles. The molecule has 0 spiro atoms. The van der Waals surface area contributed by atoms with Crippen molar-refractivity contribution in [1.82, 2.24) is 0 Å². The van der Waals surface area contributed by atoms with Crippen LogP contribution in [0.1, 0.15) is 32.6 Å². The fourth-order valence-electron chi connectivity index (χ4n) is 1.73. The maximum atomic E-state index is 11.0. The molecule has 0 aliphatic heterocycles. The van der Waals surface area contributed by atoms with Gasteiger partial charge in [-0.1, -0.05) is 19.3 Å². The van der Waals surface area contributed by atoms with E-state index < -0.39 is 11.6 Å². The Balaban J connectivity index is 2.46. The van der Waals surface area contributed by atoms with Crippen molar-refractivity contribution >= 4 is 5.97 Å². The van der Waals surface area contributed by atoms with Gasteiger partial charge in [0.05, 0.1) is 13.2 Å². The van der Waals surface area contributed by atoms with Crippen molar-refractivity contribution < 1.29 is 19.7 Å². The molecule has 0 aromatic rings. The molecule has 0 aromatic carbocycles. The topological polar surface area (TPSA) is 66.8 Å². The van der Waals surface area contributed by atoms with Crippen LogP contribution in [0, 0.1) is 5.92 Å². The molecular weight excluding hydrogens is 184 g/mol. The molecule has 4 heteroatoms. The van der Waals surface area contributed by atoms with E-state index in [0.717, 1.165) is 12.8 Å². The number of ether oxygens (including phenoxy) is 1. The number of aliphatic hydroxyl groups excluding tert-OH is 1. The van der Waals surface area contributed by atoms with Gasteiger partial charge in [-0.25, -0.2) is 4.79 Å². The SMILES string of the molecule is CC(CC1CCC1)(OCCO)C(=O)O. The van der Waals surface area contributed by atoms with Crippen molar-refractivity contribution in [3.05, 3.63) is 0 Å². The van der Waals surface area contributed by atoms with E-state index in [2.05, 4.69) is 0 Å². The first kappa shape index (κ1) is 11.5. The number of hydrogen-bond acceptors (Lipinski definition) is 3. The average molecular weight is 202 g/mol. The molecule has 1 unspecified atom stereocenters. The van der Waals surface area contributed by atoms with E-state index in [1.165, 1.54) is 6.42 Å². The molecule has 14 heavy (non-hydrogen) atoms. The number of aliphatic carboxylic acids is 1. The molecule has 82 valence electrons. The van der Waals surface area contributed by atoms with E-state index in [1.54, 1.807) is 6.92 Å². The Hall–Kier alpha value is -0.610. The Morgan fingerprint density at radius 2 is 2.21 bits per heavy atom. The Morgan fingerprint density at radius 3 is 2.57 bits per heavy atom. The predicted molar refractivity (Wildman–Crippen MR) is 51.0 cm³/mol. The third-order valence-electron chi connectivity index (χ3n) is 2.87. The summed E-state index contributed by atoms with van der Waals surface area (Å²) in [6, 6.07) is 0. The maximum absolute atomic E-state index is 11.0. The number of hydrogen-bond donors (Lipinski definition) is 2. The van der Waals surface area contributed by atoms with Gasteiger partial charge in [-0.15, -0.1) is 0 Å². The van der Waals surface area contributed by atoms with Crippen molar-refractivity contribution in [2.24, 2.45) is 5.92 Å². The smallest absolute Gasteiger partial charge is 0.335 e. The van der Waals surface area contributed by atoms with Gasteiger partial charge in [0.2, 0.25) is 0 Å². The predicted octanol–water partition coefficient (Wildman–Crippen LogP) is 1.03. The number of aliphatic hydroxyl groups is 1. The van der Waals surface area contributed by atoms with E-state index in [4.69, 9.17) is 14.9 Å². The van der Waals surface area contributed by atoms with Gasteiger partial charge in [0, 0.05) is 0 Å². The highest BCUT2D eigenvalue weighted by Gasteiger charge is 2.38. The van der Waals surface area contributed by atoms with Gasteiger partial charge in [-0.3, -0.25) is 0 Å². The Labute approximate surface area is 83.9 Å². The van der Waals surface area contributed by atoms with Crippen LogP contribution in [-0.4, -0.2) is 35.0 Å². The molecule has 0 heterocycles. The van der Waals surface area contributed by atoms with Gasteiger partial charge in [0.15, 0.2) is 5.60 Å². The monoisotopic (exact) mass is 202 g/mol. The first-order chi connectivity index (χ1) is 6.58. The molecule has 0 bridgehead atoms. The molecule has 0 radical (unpaired) electrons. The molecular formula is C10H18O4. The Morgan fingerprint density at radius 1 is 1.57 bits per heavy atom. The highest BCUT2D eigenvalue weighted by atomic mass is 16.5. The summed E-state index contributed by atoms with van der Waals surface area (Å²) in [5, 5.41) is 17.6. The van der Waals surface area contributed by atoms with Gasteiger partial charge in [0.25, 0.3) is 0 Å². The van der Waals surface area contributed by atoms with Gasteiger partial charge in [0.1, 0.15) is 0 Å². The minimum absolute atomic E-state index is 0.0928. The second-order valence-electron chi connectivity index (χ2n) is 4.11. The molecule has 1 aliphatic rings. The highest BCUT2D eigenvalue weighted by Crippen LogP contribution is 2.35. The van der Waals surface area contributed by atoms with Crippen molar-refractivity contribution in [3.63, 3.8) is 0 Å². The summed E-state index contributed by atoms with van der Waals surface area (Å²) in [4.78, 5) is 11.0. The lowest BCUT2D eigenvalue weighted by Gasteiger charge is -2.33. The average Bonchev–Trinajstić information content (AvgIpc) is 2.08. The second-order valence-corrected chi connectivity index (χ2v) is 4.11. The number of carbonyl (C=O) groups is 1. The van der Waals surface area contributed by atoms with Crippen molar-refractivity contribution in [1.29, 1.82) is 0 Å². The first-order valence-corrected chi connectivity index (χ1v) is 5.07. The van der Waals surface area contributed by atoms with Crippen molar-refractivity contribution in [2.75, 3.05) is 13.2 Å². The molecule has 1 rings (SSSR count). The van der Waals surface area contributed by atoms with Crippen LogP contribution in [0.15, 0.2) is 0 Å². The van der Waals surface area contributed by atoms with E-state index >= 15 is 0 Å². The molecule has 1 atom stereocenters. The fraction of sp³-hybridized carbons (Fsp3) is 0.900. The largest absolute Gasteiger partial charge is 0.479 e. The van der Waals surface area contributed by atoms with E-state index in [9.17, 15) is 4.79 Å². The lowest BCUT2D eigenvalue weighted by molar-refractivity contribution is -0.168.